The predicted molar refractivity (Wildman–Crippen MR) is 62.5 cm³/mol. The maximum atomic E-state index is 11.9. The first-order valence-electron chi connectivity index (χ1n) is 4.89. The fraction of sp³-hybridized carbons (Fsp3) is 0.0909. The minimum absolute atomic E-state index is 0.172. The smallest absolute Gasteiger partial charge is 0.258 e. The summed E-state index contributed by atoms with van der Waals surface area (Å²) in [5.41, 5.74) is 1.39. The lowest BCUT2D eigenvalue weighted by atomic mass is 10.1. The molecule has 5 heteroatoms. The lowest BCUT2D eigenvalue weighted by Crippen LogP contribution is -2.14. The lowest BCUT2D eigenvalue weighted by molar-refractivity contribution is 0.102. The predicted octanol–water partition coefficient (Wildman–Crippen LogP) is 1.70. The van der Waals surface area contributed by atoms with E-state index in [2.05, 4.69) is 20.8 Å². The first-order valence-corrected chi connectivity index (χ1v) is 4.89. The Bertz CT molecular complexity index is 478. The van der Waals surface area contributed by atoms with E-state index in [0.29, 0.717) is 11.4 Å². The standard InChI is InChI=1S/C11H12N4O/c1-12-9-5-3-2-4-8(9)11(16)14-10-6-7-13-15-10/h2-7,12H,1H3,(H2,13,14,15,16). The monoisotopic (exact) mass is 216 g/mol. The van der Waals surface area contributed by atoms with Crippen LogP contribution in [0.5, 0.6) is 0 Å². The molecular weight excluding hydrogens is 204 g/mol. The highest BCUT2D eigenvalue weighted by molar-refractivity contribution is 6.07. The molecule has 0 saturated carbocycles. The first kappa shape index (κ1) is 10.2. The van der Waals surface area contributed by atoms with Gasteiger partial charge in [0.25, 0.3) is 5.91 Å². The molecule has 0 aliphatic heterocycles. The minimum Gasteiger partial charge on any atom is -0.387 e. The van der Waals surface area contributed by atoms with Gasteiger partial charge in [-0.2, -0.15) is 5.10 Å². The van der Waals surface area contributed by atoms with E-state index in [-0.39, 0.29) is 5.91 Å². The summed E-state index contributed by atoms with van der Waals surface area (Å²) in [5.74, 6) is 0.408. The number of nitrogens with one attached hydrogen (secondary N) is 3. The summed E-state index contributed by atoms with van der Waals surface area (Å²) in [4.78, 5) is 11.9. The fourth-order valence-electron chi connectivity index (χ4n) is 1.41. The zero-order valence-electron chi connectivity index (χ0n) is 8.82. The number of carbonyl (C=O) groups is 1. The van der Waals surface area contributed by atoms with Gasteiger partial charge in [-0.25, -0.2) is 0 Å². The maximum absolute atomic E-state index is 11.9. The fourth-order valence-corrected chi connectivity index (χ4v) is 1.41. The zero-order valence-corrected chi connectivity index (χ0v) is 8.82. The highest BCUT2D eigenvalue weighted by atomic mass is 16.1. The van der Waals surface area contributed by atoms with Gasteiger partial charge in [-0.15, -0.1) is 0 Å². The van der Waals surface area contributed by atoms with E-state index in [1.807, 2.05) is 18.2 Å². The van der Waals surface area contributed by atoms with Gasteiger partial charge in [0.15, 0.2) is 0 Å². The molecule has 0 bridgehead atoms. The van der Waals surface area contributed by atoms with Crippen LogP contribution in [0.2, 0.25) is 0 Å². The van der Waals surface area contributed by atoms with Crippen LogP contribution in [0.3, 0.4) is 0 Å². The molecule has 0 unspecified atom stereocenters. The SMILES string of the molecule is CNc1ccccc1C(=O)Nc1ccn[nH]1. The summed E-state index contributed by atoms with van der Waals surface area (Å²) >= 11 is 0. The molecule has 0 spiro atoms. The van der Waals surface area contributed by atoms with Crippen LogP contribution < -0.4 is 10.6 Å². The van der Waals surface area contributed by atoms with E-state index in [1.54, 1.807) is 25.4 Å². The molecule has 2 aromatic rings. The lowest BCUT2D eigenvalue weighted by Gasteiger charge is -2.07. The highest BCUT2D eigenvalue weighted by Crippen LogP contribution is 2.15. The number of rotatable bonds is 3. The zero-order chi connectivity index (χ0) is 11.4. The number of hydrogen-bond donors (Lipinski definition) is 3. The summed E-state index contributed by atoms with van der Waals surface area (Å²) in [5, 5.41) is 12.1. The molecule has 16 heavy (non-hydrogen) atoms. The molecule has 1 heterocycles. The van der Waals surface area contributed by atoms with Crippen LogP contribution in [0.4, 0.5) is 11.5 Å². The van der Waals surface area contributed by atoms with Gasteiger partial charge in [0.05, 0.1) is 11.8 Å². The summed E-state index contributed by atoms with van der Waals surface area (Å²) in [6.07, 6.45) is 1.58. The topological polar surface area (TPSA) is 69.8 Å². The molecule has 0 atom stereocenters. The normalized spacial score (nSPS) is 9.81. The average Bonchev–Trinajstić information content (AvgIpc) is 2.81. The molecule has 82 valence electrons. The maximum Gasteiger partial charge on any atom is 0.258 e. The molecule has 1 amide bonds. The van der Waals surface area contributed by atoms with Crippen molar-refractivity contribution in [3.05, 3.63) is 42.1 Å². The number of aromatic amines is 1. The van der Waals surface area contributed by atoms with Gasteiger partial charge in [-0.05, 0) is 12.1 Å². The van der Waals surface area contributed by atoms with Crippen molar-refractivity contribution >= 4 is 17.4 Å². The highest BCUT2D eigenvalue weighted by Gasteiger charge is 2.10. The van der Waals surface area contributed by atoms with E-state index >= 15 is 0 Å². The largest absolute Gasteiger partial charge is 0.387 e. The average molecular weight is 216 g/mol. The van der Waals surface area contributed by atoms with Gasteiger partial charge in [0.2, 0.25) is 0 Å². The number of anilines is 2. The van der Waals surface area contributed by atoms with Gasteiger partial charge in [-0.1, -0.05) is 12.1 Å². The minimum atomic E-state index is -0.172. The van der Waals surface area contributed by atoms with E-state index in [4.69, 9.17) is 0 Å². The third-order valence-electron chi connectivity index (χ3n) is 2.19. The van der Waals surface area contributed by atoms with E-state index < -0.39 is 0 Å². The molecule has 1 aromatic carbocycles. The van der Waals surface area contributed by atoms with Crippen LogP contribution in [-0.4, -0.2) is 23.2 Å². The molecular formula is C11H12N4O. The summed E-state index contributed by atoms with van der Waals surface area (Å²) in [7, 11) is 1.78. The van der Waals surface area contributed by atoms with Gasteiger partial charge >= 0.3 is 0 Å². The second-order valence-corrected chi connectivity index (χ2v) is 3.22. The van der Waals surface area contributed by atoms with E-state index in [1.165, 1.54) is 0 Å². The molecule has 1 aromatic heterocycles. The third-order valence-corrected chi connectivity index (χ3v) is 2.19. The molecule has 0 aliphatic carbocycles. The van der Waals surface area contributed by atoms with Crippen molar-refractivity contribution < 1.29 is 4.79 Å². The van der Waals surface area contributed by atoms with Gasteiger partial charge in [0.1, 0.15) is 5.82 Å². The van der Waals surface area contributed by atoms with Crippen LogP contribution in [0, 0.1) is 0 Å². The Morgan fingerprint density at radius 1 is 1.31 bits per heavy atom. The van der Waals surface area contributed by atoms with Gasteiger partial charge < -0.3 is 10.6 Å². The van der Waals surface area contributed by atoms with Crippen LogP contribution in [0.25, 0.3) is 0 Å². The number of para-hydroxylation sites is 1. The number of benzene rings is 1. The van der Waals surface area contributed by atoms with Gasteiger partial charge in [-0.3, -0.25) is 9.89 Å². The summed E-state index contributed by atoms with van der Waals surface area (Å²) in [6.45, 7) is 0. The van der Waals surface area contributed by atoms with E-state index in [0.717, 1.165) is 5.69 Å². The van der Waals surface area contributed by atoms with E-state index in [9.17, 15) is 4.79 Å². The first-order chi connectivity index (χ1) is 7.81. The van der Waals surface area contributed by atoms with Crippen LogP contribution in [0.1, 0.15) is 10.4 Å². The van der Waals surface area contributed by atoms with Crippen molar-refractivity contribution in [1.29, 1.82) is 0 Å². The molecule has 0 aliphatic rings. The number of aromatic nitrogens is 2. The number of hydrogen-bond acceptors (Lipinski definition) is 3. The molecule has 0 radical (unpaired) electrons. The summed E-state index contributed by atoms with van der Waals surface area (Å²) < 4.78 is 0. The third kappa shape index (κ3) is 2.03. The molecule has 5 nitrogen and oxygen atoms in total. The Balaban J connectivity index is 2.21. The Hall–Kier alpha value is -2.30. The van der Waals surface area contributed by atoms with Crippen molar-refractivity contribution in [1.82, 2.24) is 10.2 Å². The number of carbonyl (C=O) groups excluding carboxylic acids is 1. The molecule has 0 fully saturated rings. The second kappa shape index (κ2) is 4.48. The quantitative estimate of drug-likeness (QED) is 0.731. The van der Waals surface area contributed by atoms with Gasteiger partial charge in [0, 0.05) is 18.8 Å². The second-order valence-electron chi connectivity index (χ2n) is 3.22. The van der Waals surface area contributed by atoms with Crippen molar-refractivity contribution in [2.75, 3.05) is 17.7 Å². The molecule has 0 saturated heterocycles. The van der Waals surface area contributed by atoms with Crippen molar-refractivity contribution in [3.8, 4) is 0 Å². The van der Waals surface area contributed by atoms with Crippen LogP contribution in [-0.2, 0) is 0 Å². The Labute approximate surface area is 92.9 Å². The number of amides is 1. The Morgan fingerprint density at radius 3 is 2.81 bits per heavy atom. The van der Waals surface area contributed by atoms with Crippen molar-refractivity contribution in [3.63, 3.8) is 0 Å². The number of nitrogens with zero attached hydrogens (tertiary/aromatic N) is 1. The molecule has 3 N–H and O–H groups in total. The number of H-pyrrole nitrogens is 1. The van der Waals surface area contributed by atoms with Crippen molar-refractivity contribution in [2.24, 2.45) is 0 Å². The van der Waals surface area contributed by atoms with Crippen LogP contribution >= 0.6 is 0 Å². The van der Waals surface area contributed by atoms with Crippen LogP contribution in [0.15, 0.2) is 36.5 Å². The summed E-state index contributed by atoms with van der Waals surface area (Å²) in [6, 6.07) is 9.00. The van der Waals surface area contributed by atoms with Crippen molar-refractivity contribution in [2.45, 2.75) is 0 Å². The Kier molecular flexibility index (Phi) is 2.86. The Morgan fingerprint density at radius 2 is 2.12 bits per heavy atom. The molecule has 2 rings (SSSR count).